The van der Waals surface area contributed by atoms with Crippen molar-refractivity contribution in [2.75, 3.05) is 0 Å². The molecule has 4 atom stereocenters. The largest absolute Gasteiger partial charge is 0.388 e. The Hall–Kier alpha value is -0.610. The number of aliphatic hydroxyl groups is 1. The second-order valence-electron chi connectivity index (χ2n) is 4.69. The van der Waals surface area contributed by atoms with Crippen LogP contribution in [0.1, 0.15) is 34.1 Å². The van der Waals surface area contributed by atoms with Crippen LogP contribution in [-0.2, 0) is 9.53 Å². The molecule has 1 aliphatic heterocycles. The highest BCUT2D eigenvalue weighted by atomic mass is 16.5. The molecule has 0 aromatic carbocycles. The Labute approximate surface area is 91.0 Å². The third-order valence-electron chi connectivity index (χ3n) is 2.77. The first-order valence-electron chi connectivity index (χ1n) is 5.52. The van der Waals surface area contributed by atoms with Gasteiger partial charge >= 0.3 is 0 Å². The summed E-state index contributed by atoms with van der Waals surface area (Å²) in [5, 5.41) is 12.8. The van der Waals surface area contributed by atoms with Crippen molar-refractivity contribution in [1.82, 2.24) is 5.32 Å². The lowest BCUT2D eigenvalue weighted by Crippen LogP contribution is -2.56. The van der Waals surface area contributed by atoms with Crippen molar-refractivity contribution in [3.05, 3.63) is 0 Å². The minimum absolute atomic E-state index is 0.0812. The van der Waals surface area contributed by atoms with Crippen molar-refractivity contribution in [3.8, 4) is 0 Å². The lowest BCUT2D eigenvalue weighted by atomic mass is 9.90. The van der Waals surface area contributed by atoms with E-state index in [1.807, 2.05) is 20.8 Å². The first-order chi connectivity index (χ1) is 6.91. The maximum atomic E-state index is 11.0. The number of carbonyl (C=O) groups is 1. The van der Waals surface area contributed by atoms with Crippen LogP contribution in [0.25, 0.3) is 0 Å². The van der Waals surface area contributed by atoms with Crippen molar-refractivity contribution in [2.24, 2.45) is 5.92 Å². The van der Waals surface area contributed by atoms with Crippen LogP contribution in [-0.4, -0.2) is 35.4 Å². The molecule has 0 saturated carbocycles. The van der Waals surface area contributed by atoms with Gasteiger partial charge in [-0.1, -0.05) is 13.8 Å². The first-order valence-corrected chi connectivity index (χ1v) is 5.52. The molecule has 4 heteroatoms. The molecule has 0 radical (unpaired) electrons. The minimum Gasteiger partial charge on any atom is -0.388 e. The molecule has 1 fully saturated rings. The van der Waals surface area contributed by atoms with Gasteiger partial charge in [-0.15, -0.1) is 0 Å². The maximum absolute atomic E-state index is 11.0. The number of ether oxygens (including phenoxy) is 1. The Morgan fingerprint density at radius 1 is 1.53 bits per heavy atom. The highest BCUT2D eigenvalue weighted by Crippen LogP contribution is 2.24. The number of hydrogen-bond acceptors (Lipinski definition) is 3. The molecule has 2 unspecified atom stereocenters. The van der Waals surface area contributed by atoms with Crippen LogP contribution in [0.15, 0.2) is 0 Å². The molecule has 1 amide bonds. The average molecular weight is 215 g/mol. The summed E-state index contributed by atoms with van der Waals surface area (Å²) >= 11 is 0. The molecule has 88 valence electrons. The van der Waals surface area contributed by atoms with Gasteiger partial charge in [0.25, 0.3) is 0 Å². The molecule has 0 bridgehead atoms. The molecular weight excluding hydrogens is 194 g/mol. The number of hydrogen-bond donors (Lipinski definition) is 2. The second-order valence-corrected chi connectivity index (χ2v) is 4.69. The predicted octanol–water partition coefficient (Wildman–Crippen LogP) is 0.685. The van der Waals surface area contributed by atoms with Crippen molar-refractivity contribution in [1.29, 1.82) is 0 Å². The fourth-order valence-electron chi connectivity index (χ4n) is 2.09. The summed E-state index contributed by atoms with van der Waals surface area (Å²) in [6.45, 7) is 7.46. The number of nitrogens with one attached hydrogen (secondary N) is 1. The normalized spacial score (nSPS) is 36.7. The fraction of sp³-hybridized carbons (Fsp3) is 0.909. The SMILES string of the molecule is CC(=O)NC1CC(C)O[C@@H](C(C)C)[C@H]1O. The van der Waals surface area contributed by atoms with E-state index in [1.165, 1.54) is 6.92 Å². The minimum atomic E-state index is -0.606. The summed E-state index contributed by atoms with van der Waals surface area (Å²) in [7, 11) is 0. The van der Waals surface area contributed by atoms with Crippen LogP contribution >= 0.6 is 0 Å². The lowest BCUT2D eigenvalue weighted by Gasteiger charge is -2.40. The second kappa shape index (κ2) is 4.94. The molecule has 1 rings (SSSR count). The summed E-state index contributed by atoms with van der Waals surface area (Å²) in [6, 6.07) is -0.182. The van der Waals surface area contributed by atoms with E-state index in [0.29, 0.717) is 6.42 Å². The van der Waals surface area contributed by atoms with Crippen LogP contribution in [0.2, 0.25) is 0 Å². The van der Waals surface area contributed by atoms with Gasteiger partial charge < -0.3 is 15.2 Å². The summed E-state index contributed by atoms with van der Waals surface area (Å²) in [4.78, 5) is 11.0. The Morgan fingerprint density at radius 2 is 2.13 bits per heavy atom. The predicted molar refractivity (Wildman–Crippen MR) is 57.4 cm³/mol. The van der Waals surface area contributed by atoms with E-state index < -0.39 is 6.10 Å². The van der Waals surface area contributed by atoms with Gasteiger partial charge in [-0.25, -0.2) is 0 Å². The number of rotatable bonds is 2. The zero-order valence-electron chi connectivity index (χ0n) is 9.86. The molecule has 1 saturated heterocycles. The van der Waals surface area contributed by atoms with Crippen molar-refractivity contribution >= 4 is 5.91 Å². The average Bonchev–Trinajstić information content (AvgIpc) is 2.09. The topological polar surface area (TPSA) is 58.6 Å². The number of carbonyl (C=O) groups excluding carboxylic acids is 1. The zero-order chi connectivity index (χ0) is 11.6. The van der Waals surface area contributed by atoms with Gasteiger partial charge in [0.1, 0.15) is 6.10 Å². The van der Waals surface area contributed by atoms with Gasteiger partial charge in [0.2, 0.25) is 5.91 Å². The van der Waals surface area contributed by atoms with Crippen molar-refractivity contribution < 1.29 is 14.6 Å². The van der Waals surface area contributed by atoms with Crippen LogP contribution in [0.4, 0.5) is 0 Å². The van der Waals surface area contributed by atoms with E-state index in [2.05, 4.69) is 5.32 Å². The van der Waals surface area contributed by atoms with Gasteiger partial charge in [-0.3, -0.25) is 4.79 Å². The first kappa shape index (κ1) is 12.5. The van der Waals surface area contributed by atoms with Gasteiger partial charge in [0.15, 0.2) is 0 Å². The van der Waals surface area contributed by atoms with Crippen LogP contribution in [0.3, 0.4) is 0 Å². The molecule has 0 spiro atoms. The molecule has 15 heavy (non-hydrogen) atoms. The Bertz CT molecular complexity index is 230. The van der Waals surface area contributed by atoms with Crippen LogP contribution in [0.5, 0.6) is 0 Å². The maximum Gasteiger partial charge on any atom is 0.217 e. The van der Waals surface area contributed by atoms with E-state index in [4.69, 9.17) is 4.74 Å². The monoisotopic (exact) mass is 215 g/mol. The number of aliphatic hydroxyl groups excluding tert-OH is 1. The van der Waals surface area contributed by atoms with E-state index in [-0.39, 0.29) is 30.1 Å². The summed E-state index contributed by atoms with van der Waals surface area (Å²) in [5.41, 5.74) is 0. The Balaban J connectivity index is 2.67. The quantitative estimate of drug-likeness (QED) is 0.712. The standard InChI is InChI=1S/C11H21NO3/c1-6(2)11-10(14)9(12-8(4)13)5-7(3)15-11/h6-7,9-11,14H,5H2,1-4H3,(H,12,13)/t7?,9?,10-,11-/m0/s1. The smallest absolute Gasteiger partial charge is 0.217 e. The molecule has 4 nitrogen and oxygen atoms in total. The van der Waals surface area contributed by atoms with Crippen LogP contribution < -0.4 is 5.32 Å². The van der Waals surface area contributed by atoms with Gasteiger partial charge in [0, 0.05) is 6.92 Å². The molecule has 1 aliphatic rings. The third kappa shape index (κ3) is 3.18. The van der Waals surface area contributed by atoms with E-state index in [1.54, 1.807) is 0 Å². The molecule has 0 aliphatic carbocycles. The fourth-order valence-corrected chi connectivity index (χ4v) is 2.09. The number of amides is 1. The van der Waals surface area contributed by atoms with Crippen molar-refractivity contribution in [2.45, 2.75) is 58.5 Å². The summed E-state index contributed by atoms with van der Waals surface area (Å²) < 4.78 is 5.67. The van der Waals surface area contributed by atoms with Gasteiger partial charge in [0.05, 0.1) is 18.2 Å². The molecular formula is C11H21NO3. The molecule has 0 aromatic rings. The van der Waals surface area contributed by atoms with E-state index in [0.717, 1.165) is 0 Å². The lowest BCUT2D eigenvalue weighted by molar-refractivity contribution is -0.148. The zero-order valence-corrected chi connectivity index (χ0v) is 9.86. The molecule has 2 N–H and O–H groups in total. The Kier molecular flexibility index (Phi) is 4.11. The van der Waals surface area contributed by atoms with Gasteiger partial charge in [-0.05, 0) is 19.3 Å². The summed E-state index contributed by atoms with van der Waals surface area (Å²) in [5.74, 6) is 0.148. The van der Waals surface area contributed by atoms with E-state index >= 15 is 0 Å². The van der Waals surface area contributed by atoms with Crippen LogP contribution in [0, 0.1) is 5.92 Å². The highest BCUT2D eigenvalue weighted by Gasteiger charge is 2.37. The summed E-state index contributed by atoms with van der Waals surface area (Å²) in [6.07, 6.45) is -0.0439. The molecule has 0 aromatic heterocycles. The van der Waals surface area contributed by atoms with E-state index in [9.17, 15) is 9.90 Å². The Morgan fingerprint density at radius 3 is 2.60 bits per heavy atom. The third-order valence-corrected chi connectivity index (χ3v) is 2.77. The highest BCUT2D eigenvalue weighted by molar-refractivity contribution is 5.73. The molecule has 1 heterocycles. The van der Waals surface area contributed by atoms with Gasteiger partial charge in [-0.2, -0.15) is 0 Å². The van der Waals surface area contributed by atoms with Crippen molar-refractivity contribution in [3.63, 3.8) is 0 Å².